The van der Waals surface area contributed by atoms with Crippen molar-refractivity contribution >= 4 is 29.9 Å². The van der Waals surface area contributed by atoms with Crippen LogP contribution >= 0.6 is 24.0 Å². The van der Waals surface area contributed by atoms with Gasteiger partial charge in [-0.3, -0.25) is 4.90 Å². The number of guanidine groups is 1. The van der Waals surface area contributed by atoms with E-state index in [1.54, 1.807) is 0 Å². The summed E-state index contributed by atoms with van der Waals surface area (Å²) in [6, 6.07) is 10.7. The zero-order valence-corrected chi connectivity index (χ0v) is 22.5. The van der Waals surface area contributed by atoms with Gasteiger partial charge in [-0.2, -0.15) is 0 Å². The first kappa shape index (κ1) is 27.6. The Morgan fingerprint density at radius 3 is 2.42 bits per heavy atom. The monoisotopic (exact) mass is 569 g/mol. The maximum Gasteiger partial charge on any atom is 0.191 e. The van der Waals surface area contributed by atoms with Crippen molar-refractivity contribution in [1.82, 2.24) is 20.7 Å². The Kier molecular flexibility index (Phi) is 12.2. The van der Waals surface area contributed by atoms with Crippen LogP contribution in [0.2, 0.25) is 0 Å². The predicted octanol–water partition coefficient (Wildman–Crippen LogP) is 4.41. The summed E-state index contributed by atoms with van der Waals surface area (Å²) in [4.78, 5) is 7.13. The number of aliphatic hydroxyl groups excluding tert-OH is 1. The van der Waals surface area contributed by atoms with Crippen LogP contribution in [-0.4, -0.2) is 46.9 Å². The number of nitrogens with zero attached hydrogens (tertiary/aromatic N) is 3. The molecule has 3 rings (SSSR count). The van der Waals surface area contributed by atoms with Crippen molar-refractivity contribution in [2.75, 3.05) is 19.6 Å². The van der Waals surface area contributed by atoms with Crippen LogP contribution < -0.4 is 10.6 Å². The molecule has 0 aliphatic carbocycles. The fourth-order valence-electron chi connectivity index (χ4n) is 4.08. The Bertz CT molecular complexity index is 828. The summed E-state index contributed by atoms with van der Waals surface area (Å²) in [6.07, 6.45) is 3.77. The fourth-order valence-corrected chi connectivity index (χ4v) is 4.08. The normalized spacial score (nSPS) is 15.5. The Hall–Kier alpha value is -1.65. The van der Waals surface area contributed by atoms with E-state index in [0.29, 0.717) is 19.0 Å². The molecule has 1 aliphatic rings. The number of likely N-dealkylation sites (tertiary alicyclic amines) is 1. The number of benzene rings is 1. The highest BCUT2D eigenvalue weighted by molar-refractivity contribution is 14.0. The van der Waals surface area contributed by atoms with Gasteiger partial charge >= 0.3 is 0 Å². The highest BCUT2D eigenvalue weighted by Crippen LogP contribution is 2.22. The number of aliphatic hydroxyl groups is 1. The third kappa shape index (κ3) is 8.90. The summed E-state index contributed by atoms with van der Waals surface area (Å²) < 4.78 is 5.51. The summed E-state index contributed by atoms with van der Waals surface area (Å²) in [7, 11) is 0. The number of rotatable bonds is 10. The van der Waals surface area contributed by atoms with E-state index in [9.17, 15) is 5.11 Å². The van der Waals surface area contributed by atoms with Gasteiger partial charge in [-0.05, 0) is 43.7 Å². The largest absolute Gasteiger partial charge is 0.393 e. The first-order valence-electron chi connectivity index (χ1n) is 12.1. The number of hydrogen-bond acceptors (Lipinski definition) is 5. The molecule has 0 saturated carbocycles. The third-order valence-corrected chi connectivity index (χ3v) is 6.16. The second-order valence-corrected chi connectivity index (χ2v) is 8.60. The van der Waals surface area contributed by atoms with Gasteiger partial charge in [-0.15, -0.1) is 24.0 Å². The van der Waals surface area contributed by atoms with Gasteiger partial charge in [0.15, 0.2) is 11.7 Å². The van der Waals surface area contributed by atoms with E-state index >= 15 is 0 Å². The molecule has 1 fully saturated rings. The molecule has 0 unspecified atom stereocenters. The van der Waals surface area contributed by atoms with Crippen LogP contribution in [-0.2, 0) is 19.6 Å². The minimum absolute atomic E-state index is 0. The van der Waals surface area contributed by atoms with E-state index < -0.39 is 0 Å². The molecule has 1 aromatic heterocycles. The highest BCUT2D eigenvalue weighted by Gasteiger charge is 2.17. The number of hydrogen-bond donors (Lipinski definition) is 3. The van der Waals surface area contributed by atoms with Gasteiger partial charge in [0.2, 0.25) is 0 Å². The van der Waals surface area contributed by atoms with Crippen LogP contribution in [0.3, 0.4) is 0 Å². The molecule has 1 aromatic carbocycles. The van der Waals surface area contributed by atoms with Crippen LogP contribution in [0, 0.1) is 0 Å². The zero-order valence-electron chi connectivity index (χ0n) is 20.2. The zero-order chi connectivity index (χ0) is 22.8. The van der Waals surface area contributed by atoms with E-state index in [1.165, 1.54) is 11.1 Å². The molecule has 2 heterocycles. The number of halogens is 1. The molecule has 1 saturated heterocycles. The van der Waals surface area contributed by atoms with Gasteiger partial charge < -0.3 is 20.3 Å². The average molecular weight is 570 g/mol. The number of nitrogens with one attached hydrogen (secondary N) is 2. The molecular formula is C25H40IN5O2. The number of piperidine rings is 1. The van der Waals surface area contributed by atoms with Gasteiger partial charge in [-0.1, -0.05) is 43.3 Å². The molecule has 0 atom stereocenters. The van der Waals surface area contributed by atoms with Crippen molar-refractivity contribution in [3.8, 4) is 0 Å². The second kappa shape index (κ2) is 14.6. The molecule has 0 bridgehead atoms. The highest BCUT2D eigenvalue weighted by atomic mass is 127. The summed E-state index contributed by atoms with van der Waals surface area (Å²) in [6.45, 7) is 11.3. The van der Waals surface area contributed by atoms with Gasteiger partial charge in [0.25, 0.3) is 0 Å². The lowest BCUT2D eigenvalue weighted by Crippen LogP contribution is -2.36. The van der Waals surface area contributed by atoms with Crippen LogP contribution in [0.5, 0.6) is 0 Å². The SMILES string of the molecule is CCNC(=NCc1ccc(CN2CCC(O)CC2)cc1)NCc1cc(C(CC)CC)no1.I. The lowest BCUT2D eigenvalue weighted by molar-refractivity contribution is 0.0792. The Labute approximate surface area is 215 Å². The van der Waals surface area contributed by atoms with Crippen LogP contribution in [0.25, 0.3) is 0 Å². The lowest BCUT2D eigenvalue weighted by Gasteiger charge is -2.29. The Morgan fingerprint density at radius 2 is 1.79 bits per heavy atom. The smallest absolute Gasteiger partial charge is 0.191 e. The quantitative estimate of drug-likeness (QED) is 0.223. The second-order valence-electron chi connectivity index (χ2n) is 8.60. The van der Waals surface area contributed by atoms with Crippen LogP contribution in [0.4, 0.5) is 0 Å². The van der Waals surface area contributed by atoms with Gasteiger partial charge in [0.1, 0.15) is 0 Å². The summed E-state index contributed by atoms with van der Waals surface area (Å²) >= 11 is 0. The standard InChI is InChI=1S/C25H39N5O2.HI/c1-4-21(5-2)24-15-23(32-29-24)17-28-25(26-6-3)27-16-19-7-9-20(10-8-19)18-30-13-11-22(31)12-14-30;/h7-10,15,21-22,31H,4-6,11-14,16-18H2,1-3H3,(H2,26,27,28);1H. The van der Waals surface area contributed by atoms with Crippen LogP contribution in [0.15, 0.2) is 39.8 Å². The Morgan fingerprint density at radius 1 is 1.12 bits per heavy atom. The van der Waals surface area contributed by atoms with Crippen molar-refractivity contribution in [2.24, 2.45) is 4.99 Å². The molecule has 2 aromatic rings. The molecule has 0 spiro atoms. The van der Waals surface area contributed by atoms with Gasteiger partial charge in [0.05, 0.1) is 24.9 Å². The first-order valence-corrected chi connectivity index (χ1v) is 12.1. The minimum Gasteiger partial charge on any atom is -0.393 e. The van der Waals surface area contributed by atoms with E-state index in [4.69, 9.17) is 9.52 Å². The summed E-state index contributed by atoms with van der Waals surface area (Å²) in [5, 5.41) is 20.5. The molecule has 184 valence electrons. The molecule has 1 aliphatic heterocycles. The van der Waals surface area contributed by atoms with E-state index in [2.05, 4.69) is 71.8 Å². The fraction of sp³-hybridized carbons (Fsp3) is 0.600. The van der Waals surface area contributed by atoms with Crippen molar-refractivity contribution in [3.63, 3.8) is 0 Å². The molecule has 0 amide bonds. The van der Waals surface area contributed by atoms with E-state index in [-0.39, 0.29) is 30.1 Å². The molecule has 8 heteroatoms. The van der Waals surface area contributed by atoms with E-state index in [0.717, 1.165) is 69.3 Å². The average Bonchev–Trinajstić information content (AvgIpc) is 3.28. The lowest BCUT2D eigenvalue weighted by atomic mass is 9.99. The van der Waals surface area contributed by atoms with E-state index in [1.807, 2.05) is 0 Å². The molecular weight excluding hydrogens is 529 g/mol. The maximum atomic E-state index is 9.66. The topological polar surface area (TPSA) is 85.9 Å². The number of aromatic nitrogens is 1. The van der Waals surface area contributed by atoms with Crippen molar-refractivity contribution < 1.29 is 9.63 Å². The van der Waals surface area contributed by atoms with Crippen LogP contribution in [0.1, 0.15) is 75.0 Å². The van der Waals surface area contributed by atoms with Crippen molar-refractivity contribution in [3.05, 3.63) is 52.9 Å². The Balaban J connectivity index is 0.00000385. The molecule has 0 radical (unpaired) electrons. The minimum atomic E-state index is -0.123. The van der Waals surface area contributed by atoms with Gasteiger partial charge in [-0.25, -0.2) is 4.99 Å². The molecule has 3 N–H and O–H groups in total. The first-order chi connectivity index (χ1) is 15.6. The van der Waals surface area contributed by atoms with Gasteiger partial charge in [0, 0.05) is 38.2 Å². The third-order valence-electron chi connectivity index (χ3n) is 6.16. The summed E-state index contributed by atoms with van der Waals surface area (Å²) in [5.74, 6) is 2.05. The maximum absolute atomic E-state index is 9.66. The summed E-state index contributed by atoms with van der Waals surface area (Å²) in [5.41, 5.74) is 3.52. The van der Waals surface area contributed by atoms with Crippen molar-refractivity contribution in [1.29, 1.82) is 0 Å². The molecule has 33 heavy (non-hydrogen) atoms. The molecule has 7 nitrogen and oxygen atoms in total. The predicted molar refractivity (Wildman–Crippen MR) is 144 cm³/mol. The van der Waals surface area contributed by atoms with Crippen molar-refractivity contribution in [2.45, 2.75) is 78.1 Å². The number of aliphatic imine (C=N–C) groups is 1.